The Kier molecular flexibility index (Phi) is 2.95. The summed E-state index contributed by atoms with van der Waals surface area (Å²) in [6.45, 7) is 0. The molecule has 4 heteroatoms. The highest BCUT2D eigenvalue weighted by Gasteiger charge is 2.14. The maximum absolute atomic E-state index is 10.5. The van der Waals surface area contributed by atoms with Crippen molar-refractivity contribution < 1.29 is 14.4 Å². The molecule has 4 nitrogen and oxygen atoms in total. The van der Waals surface area contributed by atoms with Gasteiger partial charge in [-0.3, -0.25) is 4.79 Å². The van der Waals surface area contributed by atoms with Crippen molar-refractivity contribution in [3.05, 3.63) is 29.4 Å². The Morgan fingerprint density at radius 1 is 1.62 bits per heavy atom. The van der Waals surface area contributed by atoms with Gasteiger partial charge < -0.3 is 4.84 Å². The number of nitrogens with zero attached hydrogens (tertiary/aromatic N) is 1. The monoisotopic (exact) mass is 177 g/mol. The van der Waals surface area contributed by atoms with Crippen molar-refractivity contribution in [1.29, 1.82) is 0 Å². The summed E-state index contributed by atoms with van der Waals surface area (Å²) in [6.07, 6.45) is 5.27. The van der Waals surface area contributed by atoms with Crippen LogP contribution in [0.1, 0.15) is 0 Å². The highest BCUT2D eigenvalue weighted by molar-refractivity contribution is 6.21. The molecule has 0 saturated heterocycles. The molecular formula is C9H7NO3. The van der Waals surface area contributed by atoms with Crippen LogP contribution in [0.5, 0.6) is 0 Å². The molecule has 0 saturated carbocycles. The van der Waals surface area contributed by atoms with Crippen LogP contribution in [0.2, 0.25) is 0 Å². The number of carbonyl (C=O) groups is 1. The third kappa shape index (κ3) is 1.80. The summed E-state index contributed by atoms with van der Waals surface area (Å²) in [5.41, 5.74) is 0.690. The maximum atomic E-state index is 10.5. The van der Waals surface area contributed by atoms with E-state index in [1.54, 1.807) is 18.1 Å². The number of oxime groups is 1. The van der Waals surface area contributed by atoms with Crippen LogP contribution >= 0.6 is 0 Å². The van der Waals surface area contributed by atoms with Gasteiger partial charge in [0.2, 0.25) is 0 Å². The summed E-state index contributed by atoms with van der Waals surface area (Å²) >= 11 is 0. The zero-order chi connectivity index (χ0) is 9.68. The van der Waals surface area contributed by atoms with Crippen molar-refractivity contribution >= 4 is 17.9 Å². The third-order valence-electron chi connectivity index (χ3n) is 1.49. The van der Waals surface area contributed by atoms with E-state index in [1.165, 1.54) is 13.2 Å². The standard InChI is InChI=1S/C9H7NO3/c1-13-10-9-4-2-3-7(5-11)8(9)6-12/h2-5H,1H3/b10-9+. The first-order valence-electron chi connectivity index (χ1n) is 3.54. The van der Waals surface area contributed by atoms with E-state index in [4.69, 9.17) is 0 Å². The molecule has 0 N–H and O–H groups in total. The fourth-order valence-corrected chi connectivity index (χ4v) is 0.941. The molecule has 0 fully saturated rings. The van der Waals surface area contributed by atoms with Crippen molar-refractivity contribution in [1.82, 2.24) is 0 Å². The lowest BCUT2D eigenvalue weighted by atomic mass is 9.99. The van der Waals surface area contributed by atoms with Gasteiger partial charge in [0.25, 0.3) is 0 Å². The minimum Gasteiger partial charge on any atom is -0.399 e. The highest BCUT2D eigenvalue weighted by atomic mass is 16.6. The molecule has 0 heterocycles. The molecule has 0 unspecified atom stereocenters. The first-order chi connectivity index (χ1) is 6.33. The Morgan fingerprint density at radius 3 is 2.92 bits per heavy atom. The molecule has 0 bridgehead atoms. The van der Waals surface area contributed by atoms with Gasteiger partial charge in [0.1, 0.15) is 18.8 Å². The molecule has 0 atom stereocenters. The summed E-state index contributed by atoms with van der Waals surface area (Å²) in [5.74, 6) is 1.64. The van der Waals surface area contributed by atoms with Gasteiger partial charge in [-0.15, -0.1) is 0 Å². The normalized spacial score (nSPS) is 18.1. The zero-order valence-corrected chi connectivity index (χ0v) is 6.98. The van der Waals surface area contributed by atoms with E-state index in [2.05, 4.69) is 9.99 Å². The zero-order valence-electron chi connectivity index (χ0n) is 6.98. The van der Waals surface area contributed by atoms with Gasteiger partial charge >= 0.3 is 0 Å². The fraction of sp³-hybridized carbons (Fsp3) is 0.111. The molecule has 0 amide bonds. The van der Waals surface area contributed by atoms with Crippen molar-refractivity contribution in [2.75, 3.05) is 7.11 Å². The smallest absolute Gasteiger partial charge is 0.151 e. The molecule has 0 aliphatic heterocycles. The Bertz CT molecular complexity index is 357. The van der Waals surface area contributed by atoms with E-state index in [0.29, 0.717) is 12.0 Å². The second kappa shape index (κ2) is 4.18. The Hall–Kier alpha value is -1.93. The number of aldehydes is 1. The predicted octanol–water partition coefficient (Wildman–Crippen LogP) is 0.442. The largest absolute Gasteiger partial charge is 0.399 e. The van der Waals surface area contributed by atoms with Crippen LogP contribution in [-0.2, 0) is 14.4 Å². The van der Waals surface area contributed by atoms with E-state index in [9.17, 15) is 9.59 Å². The summed E-state index contributed by atoms with van der Waals surface area (Å²) in [6, 6.07) is 0. The van der Waals surface area contributed by atoms with Crippen LogP contribution in [0.15, 0.2) is 34.5 Å². The van der Waals surface area contributed by atoms with Crippen LogP contribution < -0.4 is 0 Å². The molecule has 13 heavy (non-hydrogen) atoms. The Morgan fingerprint density at radius 2 is 2.38 bits per heavy atom. The van der Waals surface area contributed by atoms with Gasteiger partial charge in [0, 0.05) is 5.57 Å². The van der Waals surface area contributed by atoms with Crippen molar-refractivity contribution in [2.24, 2.45) is 5.16 Å². The molecule has 0 aromatic heterocycles. The lowest BCUT2D eigenvalue weighted by Gasteiger charge is -2.04. The summed E-state index contributed by atoms with van der Waals surface area (Å²) in [5, 5.41) is 3.56. The molecular weight excluding hydrogens is 170 g/mol. The van der Waals surface area contributed by atoms with E-state index in [1.807, 2.05) is 0 Å². The minimum absolute atomic E-state index is 0.124. The average Bonchev–Trinajstić information content (AvgIpc) is 2.18. The molecule has 1 aliphatic rings. The quantitative estimate of drug-likeness (QED) is 0.349. The number of allylic oxidation sites excluding steroid dienone is 5. The number of carbonyl (C=O) groups excluding carboxylic acids is 2. The van der Waals surface area contributed by atoms with Crippen LogP contribution in [0, 0.1) is 0 Å². The van der Waals surface area contributed by atoms with Crippen LogP contribution in [0.4, 0.5) is 0 Å². The topological polar surface area (TPSA) is 55.7 Å². The van der Waals surface area contributed by atoms with Crippen molar-refractivity contribution in [2.45, 2.75) is 0 Å². The fourth-order valence-electron chi connectivity index (χ4n) is 0.941. The van der Waals surface area contributed by atoms with Gasteiger partial charge in [-0.2, -0.15) is 0 Å². The molecule has 66 valence electrons. The summed E-state index contributed by atoms with van der Waals surface area (Å²) in [4.78, 5) is 25.5. The molecule has 0 aromatic carbocycles. The van der Waals surface area contributed by atoms with Crippen LogP contribution in [0.25, 0.3) is 0 Å². The van der Waals surface area contributed by atoms with Gasteiger partial charge in [-0.05, 0) is 6.08 Å². The number of hydrogen-bond acceptors (Lipinski definition) is 4. The Balaban J connectivity index is 3.15. The maximum Gasteiger partial charge on any atom is 0.151 e. The van der Waals surface area contributed by atoms with E-state index < -0.39 is 0 Å². The lowest BCUT2D eigenvalue weighted by Crippen LogP contribution is -2.08. The van der Waals surface area contributed by atoms with E-state index >= 15 is 0 Å². The minimum atomic E-state index is 0.124. The predicted molar refractivity (Wildman–Crippen MR) is 46.9 cm³/mol. The van der Waals surface area contributed by atoms with E-state index in [-0.39, 0.29) is 11.1 Å². The number of rotatable bonds is 2. The molecule has 1 aliphatic carbocycles. The van der Waals surface area contributed by atoms with Gasteiger partial charge in [0.15, 0.2) is 6.29 Å². The van der Waals surface area contributed by atoms with Crippen LogP contribution in [-0.4, -0.2) is 25.0 Å². The average molecular weight is 177 g/mol. The lowest BCUT2D eigenvalue weighted by molar-refractivity contribution is -0.104. The molecule has 0 spiro atoms. The second-order valence-corrected chi connectivity index (χ2v) is 2.24. The summed E-state index contributed by atoms with van der Waals surface area (Å²) in [7, 11) is 1.36. The SMILES string of the molecule is CO/N=C1\C=CC=C(C=O)C1=C=O. The van der Waals surface area contributed by atoms with Gasteiger partial charge in [-0.1, -0.05) is 17.3 Å². The van der Waals surface area contributed by atoms with Gasteiger partial charge in [-0.25, -0.2) is 4.79 Å². The Labute approximate surface area is 74.9 Å². The van der Waals surface area contributed by atoms with Gasteiger partial charge in [0.05, 0.1) is 5.57 Å². The first kappa shape index (κ1) is 9.16. The van der Waals surface area contributed by atoms with E-state index in [0.717, 1.165) is 0 Å². The molecule has 0 radical (unpaired) electrons. The first-order valence-corrected chi connectivity index (χ1v) is 3.54. The van der Waals surface area contributed by atoms with Crippen molar-refractivity contribution in [3.63, 3.8) is 0 Å². The number of hydrogen-bond donors (Lipinski definition) is 0. The summed E-state index contributed by atoms with van der Waals surface area (Å²) < 4.78 is 0. The third-order valence-corrected chi connectivity index (χ3v) is 1.49. The highest BCUT2D eigenvalue weighted by Crippen LogP contribution is 2.12. The van der Waals surface area contributed by atoms with Crippen LogP contribution in [0.3, 0.4) is 0 Å². The van der Waals surface area contributed by atoms with Crippen molar-refractivity contribution in [3.8, 4) is 0 Å². The second-order valence-electron chi connectivity index (χ2n) is 2.24. The molecule has 0 aromatic rings. The molecule has 1 rings (SSSR count).